The molecule has 8 heteroatoms. The van der Waals surface area contributed by atoms with Crippen LogP contribution >= 0.6 is 11.3 Å². The van der Waals surface area contributed by atoms with Gasteiger partial charge in [-0.2, -0.15) is 4.98 Å². The van der Waals surface area contributed by atoms with E-state index in [9.17, 15) is 0 Å². The van der Waals surface area contributed by atoms with E-state index in [0.717, 1.165) is 31.9 Å². The smallest absolute Gasteiger partial charge is 0.270 e. The molecule has 1 aliphatic rings. The van der Waals surface area contributed by atoms with Crippen LogP contribution in [0.4, 0.5) is 5.69 Å². The number of thiophene rings is 1. The van der Waals surface area contributed by atoms with E-state index in [2.05, 4.69) is 15.1 Å². The summed E-state index contributed by atoms with van der Waals surface area (Å²) in [5.74, 6) is 2.24. The second-order valence-electron chi connectivity index (χ2n) is 6.10. The molecule has 0 fully saturated rings. The zero-order valence-corrected chi connectivity index (χ0v) is 14.9. The molecule has 0 spiro atoms. The van der Waals surface area contributed by atoms with Gasteiger partial charge in [0, 0.05) is 16.6 Å². The molecule has 1 aromatic carbocycles. The maximum absolute atomic E-state index is 6.35. The second kappa shape index (κ2) is 5.43. The molecule has 0 saturated heterocycles. The first-order valence-corrected chi connectivity index (χ1v) is 8.82. The van der Waals surface area contributed by atoms with Gasteiger partial charge in [-0.05, 0) is 43.7 Å². The highest BCUT2D eigenvalue weighted by Gasteiger charge is 2.21. The van der Waals surface area contributed by atoms with Crippen molar-refractivity contribution in [1.29, 1.82) is 0 Å². The molecule has 7 nitrogen and oxygen atoms in total. The van der Waals surface area contributed by atoms with Gasteiger partial charge in [0.05, 0.1) is 5.69 Å². The van der Waals surface area contributed by atoms with E-state index in [0.29, 0.717) is 28.9 Å². The Bertz CT molecular complexity index is 1160. The summed E-state index contributed by atoms with van der Waals surface area (Å²) in [4.78, 5) is 10.7. The largest absolute Gasteiger partial charge is 0.454 e. The van der Waals surface area contributed by atoms with Crippen molar-refractivity contribution in [2.45, 2.75) is 13.8 Å². The van der Waals surface area contributed by atoms with Gasteiger partial charge in [0.2, 0.25) is 12.6 Å². The molecule has 0 bridgehead atoms. The number of hydrogen-bond acceptors (Lipinski definition) is 8. The lowest BCUT2D eigenvalue weighted by Crippen LogP contribution is -1.92. The van der Waals surface area contributed by atoms with Gasteiger partial charge in [0.15, 0.2) is 11.5 Å². The molecule has 0 saturated carbocycles. The Kier molecular flexibility index (Phi) is 3.17. The minimum atomic E-state index is 0.223. The van der Waals surface area contributed by atoms with Crippen LogP contribution in [0.1, 0.15) is 11.3 Å². The van der Waals surface area contributed by atoms with E-state index in [1.807, 2.05) is 38.1 Å². The summed E-state index contributed by atoms with van der Waals surface area (Å²) < 4.78 is 16.2. The van der Waals surface area contributed by atoms with Gasteiger partial charge in [0.1, 0.15) is 9.71 Å². The first kappa shape index (κ1) is 15.2. The molecule has 0 radical (unpaired) electrons. The van der Waals surface area contributed by atoms with Crippen molar-refractivity contribution in [3.8, 4) is 33.7 Å². The minimum Gasteiger partial charge on any atom is -0.454 e. The van der Waals surface area contributed by atoms with Crippen molar-refractivity contribution in [2.24, 2.45) is 0 Å². The number of anilines is 1. The Morgan fingerprint density at radius 2 is 1.92 bits per heavy atom. The maximum atomic E-state index is 6.35. The van der Waals surface area contributed by atoms with Crippen LogP contribution in [-0.4, -0.2) is 21.9 Å². The third-order valence-electron chi connectivity index (χ3n) is 4.28. The van der Waals surface area contributed by atoms with Crippen molar-refractivity contribution in [3.05, 3.63) is 35.5 Å². The summed E-state index contributed by atoms with van der Waals surface area (Å²) in [5.41, 5.74) is 9.80. The summed E-state index contributed by atoms with van der Waals surface area (Å²) in [5, 5.41) is 5.03. The van der Waals surface area contributed by atoms with E-state index in [1.165, 1.54) is 11.3 Å². The Labute approximate surface area is 152 Å². The third-order valence-corrected chi connectivity index (χ3v) is 5.36. The number of benzene rings is 1. The summed E-state index contributed by atoms with van der Waals surface area (Å²) in [6.45, 7) is 4.21. The quantitative estimate of drug-likeness (QED) is 0.574. The Morgan fingerprint density at radius 1 is 1.08 bits per heavy atom. The van der Waals surface area contributed by atoms with E-state index in [-0.39, 0.29) is 6.79 Å². The normalized spacial score (nSPS) is 12.8. The number of hydrogen-bond donors (Lipinski definition) is 1. The van der Waals surface area contributed by atoms with E-state index >= 15 is 0 Å². The zero-order valence-electron chi connectivity index (χ0n) is 14.1. The Morgan fingerprint density at radius 3 is 2.81 bits per heavy atom. The molecular formula is C18H14N4O3S. The lowest BCUT2D eigenvalue weighted by atomic mass is 10.1. The Hall–Kier alpha value is -3.13. The van der Waals surface area contributed by atoms with Gasteiger partial charge in [-0.15, -0.1) is 11.3 Å². The highest BCUT2D eigenvalue weighted by molar-refractivity contribution is 7.22. The summed E-state index contributed by atoms with van der Waals surface area (Å²) in [6, 6.07) is 7.55. The lowest BCUT2D eigenvalue weighted by Gasteiger charge is -1.99. The molecule has 0 aliphatic carbocycles. The molecule has 5 rings (SSSR count). The first-order chi connectivity index (χ1) is 12.6. The van der Waals surface area contributed by atoms with Crippen LogP contribution in [0, 0.1) is 13.8 Å². The van der Waals surface area contributed by atoms with Gasteiger partial charge >= 0.3 is 0 Å². The molecule has 4 aromatic rings. The molecule has 0 unspecified atom stereocenters. The highest BCUT2D eigenvalue weighted by atomic mass is 32.1. The van der Waals surface area contributed by atoms with Crippen LogP contribution in [0.5, 0.6) is 11.5 Å². The number of fused-ring (bicyclic) bond motifs is 2. The molecule has 0 atom stereocenters. The van der Waals surface area contributed by atoms with Gasteiger partial charge in [-0.1, -0.05) is 5.16 Å². The SMILES string of the molecule is Cc1cc(C)c2c(N)c(-c3nc(-c4ccc5c(c4)OCO5)no3)sc2n1. The van der Waals surface area contributed by atoms with Crippen LogP contribution in [0.25, 0.3) is 32.4 Å². The van der Waals surface area contributed by atoms with Crippen molar-refractivity contribution >= 4 is 27.2 Å². The van der Waals surface area contributed by atoms with Gasteiger partial charge in [-0.3, -0.25) is 0 Å². The fraction of sp³-hybridized carbons (Fsp3) is 0.167. The lowest BCUT2D eigenvalue weighted by molar-refractivity contribution is 0.174. The number of nitrogens with two attached hydrogens (primary N) is 1. The average Bonchev–Trinajstić information content (AvgIpc) is 3.32. The van der Waals surface area contributed by atoms with Crippen molar-refractivity contribution < 1.29 is 14.0 Å². The average molecular weight is 366 g/mol. The standard InChI is InChI=1S/C18H14N4O3S/c1-8-5-9(2)20-18-13(8)14(19)15(26-18)17-21-16(22-25-17)10-3-4-11-12(6-10)24-7-23-11/h3-6H,7,19H2,1-2H3. The number of ether oxygens (including phenoxy) is 2. The molecule has 3 aromatic heterocycles. The fourth-order valence-electron chi connectivity index (χ4n) is 3.10. The highest BCUT2D eigenvalue weighted by Crippen LogP contribution is 2.42. The number of aryl methyl sites for hydroxylation is 2. The molecule has 130 valence electrons. The summed E-state index contributed by atoms with van der Waals surface area (Å²) >= 11 is 1.46. The van der Waals surface area contributed by atoms with E-state index < -0.39 is 0 Å². The third kappa shape index (κ3) is 2.22. The Balaban J connectivity index is 1.59. The fourth-order valence-corrected chi connectivity index (χ4v) is 4.23. The topological polar surface area (TPSA) is 96.3 Å². The van der Waals surface area contributed by atoms with Crippen molar-refractivity contribution in [3.63, 3.8) is 0 Å². The molecule has 1 aliphatic heterocycles. The molecule has 0 amide bonds. The number of rotatable bonds is 2. The van der Waals surface area contributed by atoms with Crippen molar-refractivity contribution in [2.75, 3.05) is 12.5 Å². The van der Waals surface area contributed by atoms with Gasteiger partial charge < -0.3 is 19.7 Å². The number of pyridine rings is 1. The van der Waals surface area contributed by atoms with Crippen LogP contribution in [0.2, 0.25) is 0 Å². The zero-order chi connectivity index (χ0) is 17.8. The molecule has 4 heterocycles. The van der Waals surface area contributed by atoms with Crippen LogP contribution < -0.4 is 15.2 Å². The summed E-state index contributed by atoms with van der Waals surface area (Å²) in [6.07, 6.45) is 0. The van der Waals surface area contributed by atoms with Crippen LogP contribution in [0.15, 0.2) is 28.8 Å². The van der Waals surface area contributed by atoms with E-state index in [4.69, 9.17) is 19.7 Å². The molecule has 26 heavy (non-hydrogen) atoms. The summed E-state index contributed by atoms with van der Waals surface area (Å²) in [7, 11) is 0. The predicted molar refractivity (Wildman–Crippen MR) is 98.4 cm³/mol. The first-order valence-electron chi connectivity index (χ1n) is 8.00. The van der Waals surface area contributed by atoms with Gasteiger partial charge in [-0.25, -0.2) is 4.98 Å². The second-order valence-corrected chi connectivity index (χ2v) is 7.10. The monoisotopic (exact) mass is 366 g/mol. The van der Waals surface area contributed by atoms with Crippen molar-refractivity contribution in [1.82, 2.24) is 15.1 Å². The minimum absolute atomic E-state index is 0.223. The molecular weight excluding hydrogens is 352 g/mol. The predicted octanol–water partition coefficient (Wildman–Crippen LogP) is 3.94. The van der Waals surface area contributed by atoms with Crippen LogP contribution in [0.3, 0.4) is 0 Å². The van der Waals surface area contributed by atoms with Crippen LogP contribution in [-0.2, 0) is 0 Å². The number of aromatic nitrogens is 3. The maximum Gasteiger partial charge on any atom is 0.270 e. The number of nitrogens with zero attached hydrogens (tertiary/aromatic N) is 3. The molecule has 2 N–H and O–H groups in total. The number of nitrogen functional groups attached to an aromatic ring is 1. The van der Waals surface area contributed by atoms with E-state index in [1.54, 1.807) is 0 Å². The van der Waals surface area contributed by atoms with Gasteiger partial charge in [0.25, 0.3) is 5.89 Å².